The topological polar surface area (TPSA) is 84.2 Å². The maximum atomic E-state index is 11.4. The molecule has 0 saturated carbocycles. The standard InChI is InChI=1S/C14H17N3O3/c1-19-14(18)12-6-11(7-15)13(8-17-12)20-9-10-2-4-16-5-3-10/h6,8,10,16H,2-5,9H2,1H3. The van der Waals surface area contributed by atoms with Crippen LogP contribution in [-0.2, 0) is 4.74 Å². The lowest BCUT2D eigenvalue weighted by Gasteiger charge is -2.22. The molecule has 0 aliphatic carbocycles. The minimum atomic E-state index is -0.564. The zero-order valence-corrected chi connectivity index (χ0v) is 11.4. The first-order valence-corrected chi connectivity index (χ1v) is 6.56. The second-order valence-corrected chi connectivity index (χ2v) is 4.67. The van der Waals surface area contributed by atoms with Gasteiger partial charge in [-0.3, -0.25) is 0 Å². The van der Waals surface area contributed by atoms with Crippen LogP contribution >= 0.6 is 0 Å². The Labute approximate surface area is 117 Å². The SMILES string of the molecule is COC(=O)c1cc(C#N)c(OCC2CCNCC2)cn1. The molecule has 20 heavy (non-hydrogen) atoms. The predicted molar refractivity (Wildman–Crippen MR) is 71.4 cm³/mol. The zero-order valence-electron chi connectivity index (χ0n) is 11.4. The van der Waals surface area contributed by atoms with Gasteiger partial charge in [0, 0.05) is 0 Å². The van der Waals surface area contributed by atoms with Crippen LogP contribution in [0.15, 0.2) is 12.3 Å². The quantitative estimate of drug-likeness (QED) is 0.829. The van der Waals surface area contributed by atoms with Crippen LogP contribution in [0, 0.1) is 17.2 Å². The van der Waals surface area contributed by atoms with Gasteiger partial charge >= 0.3 is 5.97 Å². The van der Waals surface area contributed by atoms with Crippen LogP contribution < -0.4 is 10.1 Å². The first-order chi connectivity index (χ1) is 9.74. The molecule has 0 atom stereocenters. The zero-order chi connectivity index (χ0) is 14.4. The number of carbonyl (C=O) groups excluding carboxylic acids is 1. The lowest BCUT2D eigenvalue weighted by atomic mass is 9.99. The van der Waals surface area contributed by atoms with E-state index in [1.54, 1.807) is 0 Å². The number of hydrogen-bond donors (Lipinski definition) is 1. The smallest absolute Gasteiger partial charge is 0.356 e. The Morgan fingerprint density at radius 3 is 2.95 bits per heavy atom. The number of piperidine rings is 1. The Kier molecular flexibility index (Phi) is 4.91. The molecule has 0 spiro atoms. The number of methoxy groups -OCH3 is 1. The van der Waals surface area contributed by atoms with Gasteiger partial charge in [-0.1, -0.05) is 0 Å². The van der Waals surface area contributed by atoms with Gasteiger partial charge in [0.2, 0.25) is 0 Å². The average Bonchev–Trinajstić information content (AvgIpc) is 2.53. The van der Waals surface area contributed by atoms with E-state index in [1.807, 2.05) is 6.07 Å². The summed E-state index contributed by atoms with van der Waals surface area (Å²) in [6, 6.07) is 3.41. The van der Waals surface area contributed by atoms with Crippen molar-refractivity contribution in [2.75, 3.05) is 26.8 Å². The Bertz CT molecular complexity index is 519. The Balaban J connectivity index is 2.04. The van der Waals surface area contributed by atoms with E-state index in [-0.39, 0.29) is 5.69 Å². The minimum absolute atomic E-state index is 0.110. The van der Waals surface area contributed by atoms with Crippen molar-refractivity contribution in [3.05, 3.63) is 23.5 Å². The van der Waals surface area contributed by atoms with Gasteiger partial charge in [0.25, 0.3) is 0 Å². The number of ether oxygens (including phenoxy) is 2. The molecule has 1 fully saturated rings. The van der Waals surface area contributed by atoms with Crippen molar-refractivity contribution in [3.8, 4) is 11.8 Å². The molecule has 2 rings (SSSR count). The third kappa shape index (κ3) is 3.45. The Morgan fingerprint density at radius 2 is 2.30 bits per heavy atom. The summed E-state index contributed by atoms with van der Waals surface area (Å²) in [6.07, 6.45) is 3.54. The van der Waals surface area contributed by atoms with Crippen molar-refractivity contribution in [1.29, 1.82) is 5.26 Å². The van der Waals surface area contributed by atoms with E-state index in [1.165, 1.54) is 19.4 Å². The molecule has 2 heterocycles. The van der Waals surface area contributed by atoms with Gasteiger partial charge in [-0.05, 0) is 37.9 Å². The number of rotatable bonds is 4. The molecule has 0 bridgehead atoms. The fraction of sp³-hybridized carbons (Fsp3) is 0.500. The summed E-state index contributed by atoms with van der Waals surface area (Å²) in [5, 5.41) is 12.4. The van der Waals surface area contributed by atoms with Gasteiger partial charge in [0.05, 0.1) is 25.5 Å². The monoisotopic (exact) mass is 275 g/mol. The summed E-state index contributed by atoms with van der Waals surface area (Å²) >= 11 is 0. The number of esters is 1. The van der Waals surface area contributed by atoms with Crippen LogP contribution in [0.3, 0.4) is 0 Å². The van der Waals surface area contributed by atoms with Crippen molar-refractivity contribution in [1.82, 2.24) is 10.3 Å². The maximum Gasteiger partial charge on any atom is 0.356 e. The van der Waals surface area contributed by atoms with Gasteiger partial charge in [-0.15, -0.1) is 0 Å². The predicted octanol–water partition coefficient (Wildman–Crippen LogP) is 1.12. The molecule has 1 aliphatic rings. The van der Waals surface area contributed by atoms with Gasteiger partial charge in [0.15, 0.2) is 5.75 Å². The number of pyridine rings is 1. The van der Waals surface area contributed by atoms with Crippen molar-refractivity contribution in [2.45, 2.75) is 12.8 Å². The van der Waals surface area contributed by atoms with E-state index in [2.05, 4.69) is 15.0 Å². The average molecular weight is 275 g/mol. The third-order valence-corrected chi connectivity index (χ3v) is 3.32. The number of nitrogens with zero attached hydrogens (tertiary/aromatic N) is 2. The number of aromatic nitrogens is 1. The summed E-state index contributed by atoms with van der Waals surface area (Å²) in [4.78, 5) is 15.3. The molecule has 6 heteroatoms. The van der Waals surface area contributed by atoms with Crippen molar-refractivity contribution in [3.63, 3.8) is 0 Å². The van der Waals surface area contributed by atoms with E-state index in [4.69, 9.17) is 10.00 Å². The van der Waals surface area contributed by atoms with Crippen molar-refractivity contribution in [2.24, 2.45) is 5.92 Å². The Morgan fingerprint density at radius 1 is 1.55 bits per heavy atom. The van der Waals surface area contributed by atoms with E-state index in [0.29, 0.717) is 23.8 Å². The van der Waals surface area contributed by atoms with Crippen LogP contribution in [0.25, 0.3) is 0 Å². The minimum Gasteiger partial charge on any atom is -0.490 e. The molecular weight excluding hydrogens is 258 g/mol. The molecule has 1 aromatic heterocycles. The fourth-order valence-corrected chi connectivity index (χ4v) is 2.12. The maximum absolute atomic E-state index is 11.4. The van der Waals surface area contributed by atoms with Crippen molar-refractivity contribution >= 4 is 5.97 Å². The van der Waals surface area contributed by atoms with Crippen LogP contribution in [0.4, 0.5) is 0 Å². The molecular formula is C14H17N3O3. The highest BCUT2D eigenvalue weighted by Gasteiger charge is 2.16. The molecule has 106 valence electrons. The summed E-state index contributed by atoms with van der Waals surface area (Å²) in [5.41, 5.74) is 0.410. The summed E-state index contributed by atoms with van der Waals surface area (Å²) in [5.74, 6) is 0.341. The molecule has 0 aromatic carbocycles. The molecule has 0 unspecified atom stereocenters. The first-order valence-electron chi connectivity index (χ1n) is 6.56. The van der Waals surface area contributed by atoms with Crippen LogP contribution in [0.5, 0.6) is 5.75 Å². The molecule has 6 nitrogen and oxygen atoms in total. The van der Waals surface area contributed by atoms with Gasteiger partial charge in [-0.2, -0.15) is 5.26 Å². The highest BCUT2D eigenvalue weighted by atomic mass is 16.5. The number of hydrogen-bond acceptors (Lipinski definition) is 6. The number of carbonyl (C=O) groups is 1. The third-order valence-electron chi connectivity index (χ3n) is 3.32. The summed E-state index contributed by atoms with van der Waals surface area (Å²) < 4.78 is 10.2. The molecule has 0 radical (unpaired) electrons. The Hall–Kier alpha value is -2.13. The normalized spacial score (nSPS) is 15.4. The molecule has 1 saturated heterocycles. The fourth-order valence-electron chi connectivity index (χ4n) is 2.12. The van der Waals surface area contributed by atoms with Crippen molar-refractivity contribution < 1.29 is 14.3 Å². The number of nitriles is 1. The highest BCUT2D eigenvalue weighted by molar-refractivity contribution is 5.87. The second kappa shape index (κ2) is 6.87. The van der Waals surface area contributed by atoms with Crippen LogP contribution in [0.2, 0.25) is 0 Å². The number of nitrogens with one attached hydrogen (secondary N) is 1. The first kappa shape index (κ1) is 14.3. The lowest BCUT2D eigenvalue weighted by Crippen LogP contribution is -2.30. The van der Waals surface area contributed by atoms with Crippen LogP contribution in [-0.4, -0.2) is 37.8 Å². The molecule has 0 amide bonds. The van der Waals surface area contributed by atoms with E-state index < -0.39 is 5.97 Å². The van der Waals surface area contributed by atoms with Gasteiger partial charge < -0.3 is 14.8 Å². The molecule has 1 N–H and O–H groups in total. The molecule has 1 aliphatic heterocycles. The summed E-state index contributed by atoms with van der Waals surface area (Å²) in [6.45, 7) is 2.56. The largest absolute Gasteiger partial charge is 0.490 e. The highest BCUT2D eigenvalue weighted by Crippen LogP contribution is 2.20. The van der Waals surface area contributed by atoms with Gasteiger partial charge in [0.1, 0.15) is 11.8 Å². The van der Waals surface area contributed by atoms with E-state index >= 15 is 0 Å². The van der Waals surface area contributed by atoms with Gasteiger partial charge in [-0.25, -0.2) is 9.78 Å². The van der Waals surface area contributed by atoms with Crippen LogP contribution in [0.1, 0.15) is 28.9 Å². The molecule has 1 aromatic rings. The van der Waals surface area contributed by atoms with E-state index in [0.717, 1.165) is 25.9 Å². The van der Waals surface area contributed by atoms with E-state index in [9.17, 15) is 4.79 Å². The second-order valence-electron chi connectivity index (χ2n) is 4.67. The lowest BCUT2D eigenvalue weighted by molar-refractivity contribution is 0.0594. The summed E-state index contributed by atoms with van der Waals surface area (Å²) in [7, 11) is 1.28.